The zero-order valence-corrected chi connectivity index (χ0v) is 26.0. The summed E-state index contributed by atoms with van der Waals surface area (Å²) in [7, 11) is 1.23. The number of hydrogen-bond donors (Lipinski definition) is 2. The van der Waals surface area contributed by atoms with Crippen molar-refractivity contribution in [2.45, 2.75) is 109 Å². The van der Waals surface area contributed by atoms with Crippen LogP contribution in [0.15, 0.2) is 24.3 Å². The van der Waals surface area contributed by atoms with Crippen LogP contribution in [0.3, 0.4) is 0 Å². The molecule has 0 saturated heterocycles. The van der Waals surface area contributed by atoms with Gasteiger partial charge in [-0.3, -0.25) is 9.36 Å². The van der Waals surface area contributed by atoms with Gasteiger partial charge in [0.05, 0.1) is 34.4 Å². The third-order valence-corrected chi connectivity index (χ3v) is 9.04. The molecule has 0 bridgehead atoms. The normalized spacial score (nSPS) is 14.9. The van der Waals surface area contributed by atoms with Crippen molar-refractivity contribution in [1.82, 2.24) is 0 Å². The van der Waals surface area contributed by atoms with Crippen molar-refractivity contribution in [3.63, 3.8) is 0 Å². The van der Waals surface area contributed by atoms with E-state index in [1.807, 2.05) is 24.3 Å². The largest absolute Gasteiger partial charge is 0.494 e. The number of carbonyl (C=O) groups is 1. The maximum Gasteiger partial charge on any atom is 0.385 e. The Bertz CT molecular complexity index is 843. The highest BCUT2D eigenvalue weighted by Crippen LogP contribution is 2.51. The molecule has 0 aromatic heterocycles. The molecule has 0 aliphatic rings. The summed E-state index contributed by atoms with van der Waals surface area (Å²) in [5.41, 5.74) is 0.882. The van der Waals surface area contributed by atoms with Crippen molar-refractivity contribution in [1.29, 1.82) is 0 Å². The molecular formula is C30H55NO7P+. The van der Waals surface area contributed by atoms with E-state index < -0.39 is 25.5 Å². The minimum absolute atomic E-state index is 0.119. The van der Waals surface area contributed by atoms with Gasteiger partial charge in [-0.1, -0.05) is 83.3 Å². The van der Waals surface area contributed by atoms with Crippen LogP contribution in [0.25, 0.3) is 0 Å². The summed E-state index contributed by atoms with van der Waals surface area (Å²) in [5.74, 6) is -0.533. The van der Waals surface area contributed by atoms with E-state index in [0.717, 1.165) is 24.2 Å². The Kier molecular flexibility index (Phi) is 17.9. The Morgan fingerprint density at radius 2 is 1.56 bits per heavy atom. The van der Waals surface area contributed by atoms with E-state index in [2.05, 4.69) is 6.92 Å². The van der Waals surface area contributed by atoms with Crippen LogP contribution in [-0.2, 0) is 25.0 Å². The quantitative estimate of drug-likeness (QED) is 0.0671. The van der Waals surface area contributed by atoms with Gasteiger partial charge < -0.3 is 28.5 Å². The number of aliphatic hydroxyl groups is 1. The van der Waals surface area contributed by atoms with Crippen LogP contribution < -0.4 is 4.74 Å². The summed E-state index contributed by atoms with van der Waals surface area (Å²) in [6.07, 6.45) is 13.9. The number of nitrogens with zero attached hydrogens (tertiary/aromatic N) is 1. The fraction of sp³-hybridized carbons (Fsp3) is 0.767. The van der Waals surface area contributed by atoms with Gasteiger partial charge >= 0.3 is 13.6 Å². The highest BCUT2D eigenvalue weighted by Gasteiger charge is 2.42. The van der Waals surface area contributed by atoms with Crippen molar-refractivity contribution < 1.29 is 37.8 Å². The highest BCUT2D eigenvalue weighted by molar-refractivity contribution is 7.53. The van der Waals surface area contributed by atoms with Crippen LogP contribution in [0.1, 0.15) is 96.5 Å². The molecule has 0 saturated carbocycles. The SMILES string of the molecule is CCCCCCCCCCCCCOc1cccc(CC(COP(=O)(O)C(CCO)[N+](C)(C)C)OC(C)=O)c1. The lowest BCUT2D eigenvalue weighted by Crippen LogP contribution is -2.46. The number of benzene rings is 1. The van der Waals surface area contributed by atoms with Gasteiger partial charge in [-0.15, -0.1) is 0 Å². The lowest BCUT2D eigenvalue weighted by Gasteiger charge is -2.35. The third kappa shape index (κ3) is 16.4. The predicted molar refractivity (Wildman–Crippen MR) is 157 cm³/mol. The summed E-state index contributed by atoms with van der Waals surface area (Å²) in [6, 6.07) is 7.61. The number of quaternary nitrogens is 1. The molecule has 1 rings (SSSR count). The van der Waals surface area contributed by atoms with Crippen LogP contribution in [0, 0.1) is 0 Å². The Balaban J connectivity index is 2.50. The maximum absolute atomic E-state index is 13.0. The van der Waals surface area contributed by atoms with Crippen molar-refractivity contribution in [3.05, 3.63) is 29.8 Å². The molecule has 8 nitrogen and oxygen atoms in total. The smallest absolute Gasteiger partial charge is 0.385 e. The lowest BCUT2D eigenvalue weighted by atomic mass is 10.1. The molecule has 0 radical (unpaired) electrons. The van der Waals surface area contributed by atoms with E-state index in [-0.39, 0.29) is 24.1 Å². The zero-order valence-electron chi connectivity index (χ0n) is 25.1. The topological polar surface area (TPSA) is 102 Å². The first-order valence-corrected chi connectivity index (χ1v) is 16.4. The van der Waals surface area contributed by atoms with Gasteiger partial charge in [-0.2, -0.15) is 0 Å². The van der Waals surface area contributed by atoms with Gasteiger partial charge in [-0.25, -0.2) is 0 Å². The first-order chi connectivity index (χ1) is 18.5. The van der Waals surface area contributed by atoms with Crippen LogP contribution >= 0.6 is 7.60 Å². The third-order valence-electron chi connectivity index (χ3n) is 6.81. The number of unbranched alkanes of at least 4 members (excludes halogenated alkanes) is 10. The van der Waals surface area contributed by atoms with E-state index in [1.54, 1.807) is 21.1 Å². The van der Waals surface area contributed by atoms with E-state index in [4.69, 9.17) is 14.0 Å². The molecule has 0 aliphatic carbocycles. The Morgan fingerprint density at radius 3 is 2.10 bits per heavy atom. The Hall–Kier alpha value is -1.44. The summed E-state index contributed by atoms with van der Waals surface area (Å²) in [6.45, 7) is 3.76. The second-order valence-electron chi connectivity index (χ2n) is 11.4. The van der Waals surface area contributed by atoms with Gasteiger partial charge in [0.25, 0.3) is 0 Å². The molecule has 0 amide bonds. The molecule has 226 valence electrons. The fourth-order valence-electron chi connectivity index (χ4n) is 4.73. The molecule has 1 aromatic rings. The first-order valence-electron chi connectivity index (χ1n) is 14.8. The number of aliphatic hydroxyl groups excluding tert-OH is 1. The van der Waals surface area contributed by atoms with Gasteiger partial charge in [0.15, 0.2) is 5.78 Å². The molecule has 3 unspecified atom stereocenters. The Labute approximate surface area is 237 Å². The van der Waals surface area contributed by atoms with Gasteiger partial charge in [-0.05, 0) is 24.1 Å². The standard InChI is InChI=1S/C30H54NO7P/c1-6-7-8-9-10-11-12-13-14-15-16-22-36-28-19-17-18-27(23-28)24-29(38-26(2)33)25-37-39(34,35)30(20-21-32)31(3,4)5/h17-19,23,29-30,32H,6-16,20-22,24-25H2,1-5H3/p+1. The van der Waals surface area contributed by atoms with Crippen LogP contribution in [0.2, 0.25) is 0 Å². The molecule has 3 atom stereocenters. The second kappa shape index (κ2) is 19.6. The number of ether oxygens (including phenoxy) is 2. The minimum atomic E-state index is -4.09. The fourth-order valence-corrected chi connectivity index (χ4v) is 6.60. The predicted octanol–water partition coefficient (Wildman–Crippen LogP) is 6.47. The van der Waals surface area contributed by atoms with Crippen molar-refractivity contribution in [2.24, 2.45) is 0 Å². The molecule has 39 heavy (non-hydrogen) atoms. The van der Waals surface area contributed by atoms with Gasteiger partial charge in [0.1, 0.15) is 11.9 Å². The minimum Gasteiger partial charge on any atom is -0.494 e. The summed E-state index contributed by atoms with van der Waals surface area (Å²) in [4.78, 5) is 22.3. The molecule has 0 aliphatic heterocycles. The molecule has 2 N–H and O–H groups in total. The number of rotatable bonds is 23. The van der Waals surface area contributed by atoms with E-state index in [0.29, 0.717) is 13.0 Å². The number of hydrogen-bond acceptors (Lipinski definition) is 6. The van der Waals surface area contributed by atoms with E-state index in [9.17, 15) is 19.4 Å². The lowest BCUT2D eigenvalue weighted by molar-refractivity contribution is -0.883. The van der Waals surface area contributed by atoms with Crippen LogP contribution in [-0.4, -0.2) is 73.3 Å². The van der Waals surface area contributed by atoms with Crippen molar-refractivity contribution in [2.75, 3.05) is 41.0 Å². The molecule has 0 spiro atoms. The summed E-state index contributed by atoms with van der Waals surface area (Å²) < 4.78 is 30.0. The summed E-state index contributed by atoms with van der Waals surface area (Å²) >= 11 is 0. The average Bonchev–Trinajstić information content (AvgIpc) is 2.85. The number of carbonyl (C=O) groups excluding carboxylic acids is 1. The van der Waals surface area contributed by atoms with Gasteiger partial charge in [0.2, 0.25) is 0 Å². The van der Waals surface area contributed by atoms with Crippen molar-refractivity contribution >= 4 is 13.6 Å². The molecule has 1 aromatic carbocycles. The maximum atomic E-state index is 13.0. The van der Waals surface area contributed by atoms with Gasteiger partial charge in [0, 0.05) is 26.4 Å². The molecule has 0 heterocycles. The molecule has 0 fully saturated rings. The molecular weight excluding hydrogens is 517 g/mol. The molecule has 9 heteroatoms. The Morgan fingerprint density at radius 1 is 0.974 bits per heavy atom. The van der Waals surface area contributed by atoms with E-state index in [1.165, 1.54) is 64.7 Å². The monoisotopic (exact) mass is 572 g/mol. The zero-order chi connectivity index (χ0) is 29.2. The van der Waals surface area contributed by atoms with E-state index >= 15 is 0 Å². The highest BCUT2D eigenvalue weighted by atomic mass is 31.2. The second-order valence-corrected chi connectivity index (χ2v) is 13.4. The van der Waals surface area contributed by atoms with Crippen LogP contribution in [0.4, 0.5) is 0 Å². The summed E-state index contributed by atoms with van der Waals surface area (Å²) in [5, 5.41) is 9.37. The first kappa shape index (κ1) is 35.6. The number of esters is 1. The van der Waals surface area contributed by atoms with Crippen LogP contribution in [0.5, 0.6) is 5.75 Å². The average molecular weight is 573 g/mol. The van der Waals surface area contributed by atoms with Crippen molar-refractivity contribution in [3.8, 4) is 5.75 Å².